The lowest BCUT2D eigenvalue weighted by Crippen LogP contribution is -2.33. The van der Waals surface area contributed by atoms with Crippen LogP contribution >= 0.6 is 11.3 Å². The molecule has 0 unspecified atom stereocenters. The Morgan fingerprint density at radius 3 is 2.50 bits per heavy atom. The van der Waals surface area contributed by atoms with Crippen molar-refractivity contribution in [2.24, 2.45) is 0 Å². The van der Waals surface area contributed by atoms with Gasteiger partial charge in [-0.1, -0.05) is 60.7 Å². The van der Waals surface area contributed by atoms with E-state index in [1.807, 2.05) is 49.4 Å². The Balaban J connectivity index is 1.32. The van der Waals surface area contributed by atoms with Gasteiger partial charge in [-0.25, -0.2) is 9.37 Å². The van der Waals surface area contributed by atoms with Crippen molar-refractivity contribution in [3.63, 3.8) is 0 Å². The Bertz CT molecular complexity index is 1280. The second-order valence-electron chi connectivity index (χ2n) is 7.44. The summed E-state index contributed by atoms with van der Waals surface area (Å²) in [6, 6.07) is 20.3. The van der Waals surface area contributed by atoms with Crippen LogP contribution in [0, 0.1) is 12.7 Å². The summed E-state index contributed by atoms with van der Waals surface area (Å²) in [5, 5.41) is 7.90. The Morgan fingerprint density at radius 1 is 0.938 bits per heavy atom. The Kier molecular flexibility index (Phi) is 6.56. The highest BCUT2D eigenvalue weighted by Crippen LogP contribution is 2.26. The first-order chi connectivity index (χ1) is 15.5. The summed E-state index contributed by atoms with van der Waals surface area (Å²) in [5.41, 5.74) is 2.24. The molecule has 0 aliphatic carbocycles. The smallest absolute Gasteiger partial charge is 0.245 e. The minimum atomic E-state index is -0.359. The minimum absolute atomic E-state index is 0.148. The highest BCUT2D eigenvalue weighted by molar-refractivity contribution is 7.15. The van der Waals surface area contributed by atoms with Crippen molar-refractivity contribution in [2.45, 2.75) is 19.8 Å². The molecule has 0 saturated heterocycles. The van der Waals surface area contributed by atoms with E-state index in [1.54, 1.807) is 18.2 Å². The number of thiazole rings is 1. The van der Waals surface area contributed by atoms with Crippen LogP contribution in [0.2, 0.25) is 0 Å². The van der Waals surface area contributed by atoms with Crippen molar-refractivity contribution in [1.29, 1.82) is 0 Å². The van der Waals surface area contributed by atoms with Gasteiger partial charge >= 0.3 is 0 Å². The second kappa shape index (κ2) is 9.70. The van der Waals surface area contributed by atoms with Crippen molar-refractivity contribution in [1.82, 2.24) is 10.3 Å². The third-order valence-electron chi connectivity index (χ3n) is 5.12. The Labute approximate surface area is 189 Å². The summed E-state index contributed by atoms with van der Waals surface area (Å²) in [4.78, 5) is 29.9. The van der Waals surface area contributed by atoms with Gasteiger partial charge in [-0.05, 0) is 34.9 Å². The first-order valence-corrected chi connectivity index (χ1v) is 11.0. The molecule has 0 saturated carbocycles. The lowest BCUT2D eigenvalue weighted by atomic mass is 10.0. The average molecular weight is 448 g/mol. The summed E-state index contributed by atoms with van der Waals surface area (Å²) in [6.07, 6.45) is 0.603. The Morgan fingerprint density at radius 2 is 1.66 bits per heavy atom. The molecule has 2 N–H and O–H groups in total. The quantitative estimate of drug-likeness (QED) is 0.434. The van der Waals surface area contributed by atoms with Gasteiger partial charge in [0, 0.05) is 11.3 Å². The molecule has 2 amide bonds. The van der Waals surface area contributed by atoms with E-state index in [0.717, 1.165) is 26.9 Å². The summed E-state index contributed by atoms with van der Waals surface area (Å²) < 4.78 is 13.9. The number of nitrogens with zero attached hydrogens (tertiary/aromatic N) is 1. The molecule has 0 aliphatic heterocycles. The van der Waals surface area contributed by atoms with Crippen LogP contribution in [0.4, 0.5) is 9.52 Å². The van der Waals surface area contributed by atoms with E-state index in [-0.39, 0.29) is 30.6 Å². The molecule has 162 valence electrons. The van der Waals surface area contributed by atoms with E-state index in [1.165, 1.54) is 17.4 Å². The third-order valence-corrected chi connectivity index (χ3v) is 6.20. The SMILES string of the molecule is Cc1nc(NC(=O)CNC(=O)Cc2cccc3ccccc23)sc1Cc1ccccc1F. The van der Waals surface area contributed by atoms with Gasteiger partial charge in [-0.2, -0.15) is 0 Å². The maximum atomic E-state index is 13.9. The molecule has 0 aliphatic rings. The fourth-order valence-corrected chi connectivity index (χ4v) is 4.49. The number of rotatable bonds is 7. The van der Waals surface area contributed by atoms with Gasteiger partial charge in [0.15, 0.2) is 5.13 Å². The zero-order valence-electron chi connectivity index (χ0n) is 17.5. The van der Waals surface area contributed by atoms with Gasteiger partial charge in [0.1, 0.15) is 5.82 Å². The van der Waals surface area contributed by atoms with Gasteiger partial charge in [0.2, 0.25) is 11.8 Å². The summed E-state index contributed by atoms with van der Waals surface area (Å²) in [5.74, 6) is -0.852. The normalized spacial score (nSPS) is 10.8. The highest BCUT2D eigenvalue weighted by atomic mass is 32.1. The summed E-state index contributed by atoms with van der Waals surface area (Å²) >= 11 is 1.31. The molecule has 7 heteroatoms. The van der Waals surface area contributed by atoms with Crippen molar-refractivity contribution in [2.75, 3.05) is 11.9 Å². The first kappa shape index (κ1) is 21.6. The number of aryl methyl sites for hydroxylation is 1. The summed E-state index contributed by atoms with van der Waals surface area (Å²) in [7, 11) is 0. The molecule has 5 nitrogen and oxygen atoms in total. The number of aromatic nitrogens is 1. The van der Waals surface area contributed by atoms with Crippen LogP contribution in [0.15, 0.2) is 66.7 Å². The largest absolute Gasteiger partial charge is 0.347 e. The van der Waals surface area contributed by atoms with Crippen LogP contribution in [0.25, 0.3) is 10.8 Å². The number of amides is 2. The zero-order valence-corrected chi connectivity index (χ0v) is 18.3. The number of hydrogen-bond donors (Lipinski definition) is 2. The number of nitrogens with one attached hydrogen (secondary N) is 2. The fourth-order valence-electron chi connectivity index (χ4n) is 3.48. The summed E-state index contributed by atoms with van der Waals surface area (Å²) in [6.45, 7) is 1.68. The van der Waals surface area contributed by atoms with Gasteiger partial charge in [-0.15, -0.1) is 11.3 Å². The van der Waals surface area contributed by atoms with Crippen LogP contribution in [0.3, 0.4) is 0 Å². The van der Waals surface area contributed by atoms with Crippen molar-refractivity contribution < 1.29 is 14.0 Å². The molecular weight excluding hydrogens is 425 g/mol. The Hall–Kier alpha value is -3.58. The van der Waals surface area contributed by atoms with Crippen LogP contribution < -0.4 is 10.6 Å². The number of carbonyl (C=O) groups excluding carboxylic acids is 2. The fraction of sp³-hybridized carbons (Fsp3) is 0.160. The molecule has 0 spiro atoms. The lowest BCUT2D eigenvalue weighted by Gasteiger charge is -2.08. The standard InChI is InChI=1S/C25H22FN3O2S/c1-16-22(13-19-8-3-5-12-21(19)26)32-25(28-16)29-24(31)15-27-23(30)14-18-10-6-9-17-7-2-4-11-20(17)18/h2-12H,13-15H2,1H3,(H,27,30)(H,28,29,31). The van der Waals surface area contributed by atoms with Gasteiger partial charge in [0.25, 0.3) is 0 Å². The molecular formula is C25H22FN3O2S. The van der Waals surface area contributed by atoms with E-state index in [0.29, 0.717) is 17.1 Å². The number of carbonyl (C=O) groups is 2. The van der Waals surface area contributed by atoms with Gasteiger partial charge in [-0.3, -0.25) is 9.59 Å². The minimum Gasteiger partial charge on any atom is -0.347 e. The van der Waals surface area contributed by atoms with E-state index in [4.69, 9.17) is 0 Å². The second-order valence-corrected chi connectivity index (χ2v) is 8.52. The van der Waals surface area contributed by atoms with E-state index in [2.05, 4.69) is 15.6 Å². The van der Waals surface area contributed by atoms with Crippen LogP contribution in [-0.2, 0) is 22.4 Å². The molecule has 32 heavy (non-hydrogen) atoms. The molecule has 3 aromatic carbocycles. The molecule has 1 aromatic heterocycles. The number of hydrogen-bond acceptors (Lipinski definition) is 4. The molecule has 0 atom stereocenters. The number of benzene rings is 3. The molecule has 4 aromatic rings. The number of halogens is 1. The molecule has 0 bridgehead atoms. The van der Waals surface area contributed by atoms with Crippen molar-refractivity contribution >= 4 is 39.1 Å². The predicted octanol–water partition coefficient (Wildman–Crippen LogP) is 4.63. The van der Waals surface area contributed by atoms with Crippen LogP contribution in [0.1, 0.15) is 21.7 Å². The average Bonchev–Trinajstić information content (AvgIpc) is 3.12. The highest BCUT2D eigenvalue weighted by Gasteiger charge is 2.14. The van der Waals surface area contributed by atoms with E-state index in [9.17, 15) is 14.0 Å². The molecule has 0 fully saturated rings. The van der Waals surface area contributed by atoms with Gasteiger partial charge < -0.3 is 10.6 Å². The van der Waals surface area contributed by atoms with E-state index < -0.39 is 0 Å². The molecule has 1 heterocycles. The maximum absolute atomic E-state index is 13.9. The predicted molar refractivity (Wildman–Crippen MR) is 125 cm³/mol. The topological polar surface area (TPSA) is 71.1 Å². The first-order valence-electron chi connectivity index (χ1n) is 10.2. The van der Waals surface area contributed by atoms with Gasteiger partial charge in [0.05, 0.1) is 18.7 Å². The maximum Gasteiger partial charge on any atom is 0.245 e. The van der Waals surface area contributed by atoms with E-state index >= 15 is 0 Å². The van der Waals surface area contributed by atoms with Crippen LogP contribution in [0.5, 0.6) is 0 Å². The lowest BCUT2D eigenvalue weighted by molar-refractivity contribution is -0.123. The zero-order chi connectivity index (χ0) is 22.5. The number of anilines is 1. The van der Waals surface area contributed by atoms with Crippen LogP contribution in [-0.4, -0.2) is 23.3 Å². The number of fused-ring (bicyclic) bond motifs is 1. The molecule has 4 rings (SSSR count). The molecule has 0 radical (unpaired) electrons. The van der Waals surface area contributed by atoms with Crippen molar-refractivity contribution in [3.05, 3.63) is 94.2 Å². The third kappa shape index (κ3) is 5.18. The van der Waals surface area contributed by atoms with Crippen molar-refractivity contribution in [3.8, 4) is 0 Å². The monoisotopic (exact) mass is 447 g/mol.